The highest BCUT2D eigenvalue weighted by Crippen LogP contribution is 2.37. The fourth-order valence-electron chi connectivity index (χ4n) is 3.43. The van der Waals surface area contributed by atoms with Gasteiger partial charge in [-0.25, -0.2) is 0 Å². The fourth-order valence-corrected chi connectivity index (χ4v) is 3.43. The molecule has 0 aromatic carbocycles. The van der Waals surface area contributed by atoms with E-state index in [2.05, 4.69) is 21.7 Å². The molecule has 1 heterocycles. The van der Waals surface area contributed by atoms with Crippen LogP contribution in [-0.2, 0) is 17.8 Å². The lowest BCUT2D eigenvalue weighted by Gasteiger charge is -2.28. The van der Waals surface area contributed by atoms with E-state index in [-0.39, 0.29) is 0 Å². The van der Waals surface area contributed by atoms with Crippen molar-refractivity contribution in [3.8, 4) is 0 Å². The van der Waals surface area contributed by atoms with Crippen LogP contribution in [0.2, 0.25) is 0 Å². The minimum atomic E-state index is 0.447. The van der Waals surface area contributed by atoms with Gasteiger partial charge >= 0.3 is 0 Å². The van der Waals surface area contributed by atoms with Gasteiger partial charge in [0, 0.05) is 19.6 Å². The summed E-state index contributed by atoms with van der Waals surface area (Å²) >= 11 is 0. The average Bonchev–Trinajstić information content (AvgIpc) is 2.94. The smallest absolute Gasteiger partial charge is 0.146 e. The van der Waals surface area contributed by atoms with Gasteiger partial charge in [-0.15, -0.1) is 10.2 Å². The second-order valence-corrected chi connectivity index (χ2v) is 6.18. The third-order valence-electron chi connectivity index (χ3n) is 4.74. The molecule has 1 fully saturated rings. The van der Waals surface area contributed by atoms with Crippen LogP contribution in [0.25, 0.3) is 0 Å². The molecule has 0 amide bonds. The number of hydrogen-bond donors (Lipinski definition) is 1. The molecule has 2 N–H and O–H groups in total. The predicted molar refractivity (Wildman–Crippen MR) is 84.0 cm³/mol. The summed E-state index contributed by atoms with van der Waals surface area (Å²) in [5.41, 5.74) is 5.78. The van der Waals surface area contributed by atoms with E-state index in [0.29, 0.717) is 19.1 Å². The number of aromatic nitrogens is 3. The van der Waals surface area contributed by atoms with E-state index < -0.39 is 0 Å². The molecular weight excluding hydrogens is 264 g/mol. The van der Waals surface area contributed by atoms with Crippen LogP contribution in [0, 0.1) is 5.92 Å². The van der Waals surface area contributed by atoms with Gasteiger partial charge in [0.15, 0.2) is 0 Å². The first kappa shape index (κ1) is 16.4. The Bertz CT molecular complexity index is 410. The Labute approximate surface area is 128 Å². The van der Waals surface area contributed by atoms with E-state index in [1.807, 2.05) is 0 Å². The van der Waals surface area contributed by atoms with E-state index in [1.165, 1.54) is 44.9 Å². The number of nitrogens with zero attached hydrogens (tertiary/aromatic N) is 3. The molecule has 0 unspecified atom stereocenters. The molecule has 0 saturated heterocycles. The summed E-state index contributed by atoms with van der Waals surface area (Å²) in [6.45, 7) is 4.21. The Kier molecular flexibility index (Phi) is 6.64. The Balaban J connectivity index is 1.97. The molecule has 1 aromatic heterocycles. The summed E-state index contributed by atoms with van der Waals surface area (Å²) in [6.07, 6.45) is 9.23. The normalized spacial score (nSPS) is 22.6. The summed E-state index contributed by atoms with van der Waals surface area (Å²) in [5, 5.41) is 8.69. The SMILES string of the molecule is CCCCC1CCC(c2nnc(CN)n2CCOC)CC1. The first-order valence-corrected chi connectivity index (χ1v) is 8.41. The maximum absolute atomic E-state index is 5.78. The highest BCUT2D eigenvalue weighted by molar-refractivity contribution is 5.04. The molecule has 5 nitrogen and oxygen atoms in total. The van der Waals surface area contributed by atoms with E-state index in [4.69, 9.17) is 10.5 Å². The summed E-state index contributed by atoms with van der Waals surface area (Å²) in [7, 11) is 1.73. The second kappa shape index (κ2) is 8.49. The van der Waals surface area contributed by atoms with Gasteiger partial charge in [0.25, 0.3) is 0 Å². The molecular formula is C16H30N4O. The average molecular weight is 294 g/mol. The van der Waals surface area contributed by atoms with E-state index in [1.54, 1.807) is 7.11 Å². The Hall–Kier alpha value is -0.940. The molecule has 0 bridgehead atoms. The lowest BCUT2D eigenvalue weighted by molar-refractivity contribution is 0.183. The quantitative estimate of drug-likeness (QED) is 0.800. The van der Waals surface area contributed by atoms with Gasteiger partial charge in [0.05, 0.1) is 13.2 Å². The van der Waals surface area contributed by atoms with Crippen molar-refractivity contribution in [3.05, 3.63) is 11.6 Å². The predicted octanol–water partition coefficient (Wildman–Crippen LogP) is 2.85. The Morgan fingerprint density at radius 1 is 1.24 bits per heavy atom. The van der Waals surface area contributed by atoms with Gasteiger partial charge in [-0.3, -0.25) is 0 Å². The number of hydrogen-bond acceptors (Lipinski definition) is 4. The molecule has 0 radical (unpaired) electrons. The molecule has 1 aromatic rings. The molecule has 21 heavy (non-hydrogen) atoms. The van der Waals surface area contributed by atoms with Crippen molar-refractivity contribution < 1.29 is 4.74 Å². The topological polar surface area (TPSA) is 66.0 Å². The van der Waals surface area contributed by atoms with Gasteiger partial charge in [-0.2, -0.15) is 0 Å². The van der Waals surface area contributed by atoms with Crippen molar-refractivity contribution in [2.24, 2.45) is 11.7 Å². The fraction of sp³-hybridized carbons (Fsp3) is 0.875. The molecule has 2 rings (SSSR count). The van der Waals surface area contributed by atoms with Crippen LogP contribution in [0.15, 0.2) is 0 Å². The van der Waals surface area contributed by atoms with Crippen LogP contribution in [-0.4, -0.2) is 28.5 Å². The largest absolute Gasteiger partial charge is 0.383 e. The van der Waals surface area contributed by atoms with Gasteiger partial charge in [0.2, 0.25) is 0 Å². The Morgan fingerprint density at radius 2 is 2.00 bits per heavy atom. The van der Waals surface area contributed by atoms with Crippen LogP contribution >= 0.6 is 0 Å². The third-order valence-corrected chi connectivity index (χ3v) is 4.74. The summed E-state index contributed by atoms with van der Waals surface area (Å²) in [5.74, 6) is 3.48. The summed E-state index contributed by atoms with van der Waals surface area (Å²) < 4.78 is 7.38. The van der Waals surface area contributed by atoms with Crippen LogP contribution in [0.4, 0.5) is 0 Å². The maximum Gasteiger partial charge on any atom is 0.146 e. The van der Waals surface area contributed by atoms with Gasteiger partial charge in [0.1, 0.15) is 11.6 Å². The number of rotatable bonds is 8. The van der Waals surface area contributed by atoms with Crippen molar-refractivity contribution in [1.82, 2.24) is 14.8 Å². The van der Waals surface area contributed by atoms with E-state index >= 15 is 0 Å². The molecule has 0 spiro atoms. The van der Waals surface area contributed by atoms with Crippen molar-refractivity contribution in [3.63, 3.8) is 0 Å². The molecule has 120 valence electrons. The minimum absolute atomic E-state index is 0.447. The Morgan fingerprint density at radius 3 is 2.62 bits per heavy atom. The highest BCUT2D eigenvalue weighted by Gasteiger charge is 2.26. The lowest BCUT2D eigenvalue weighted by Crippen LogP contribution is -2.20. The molecule has 1 aliphatic carbocycles. The zero-order chi connectivity index (χ0) is 15.1. The number of unbranched alkanes of at least 4 members (excludes halogenated alkanes) is 1. The van der Waals surface area contributed by atoms with Crippen molar-refractivity contribution in [1.29, 1.82) is 0 Å². The number of ether oxygens (including phenoxy) is 1. The monoisotopic (exact) mass is 294 g/mol. The standard InChI is InChI=1S/C16H30N4O/c1-3-4-5-13-6-8-14(9-7-13)16-19-18-15(12-17)20(16)10-11-21-2/h13-14H,3-12,17H2,1-2H3. The van der Waals surface area contributed by atoms with Crippen LogP contribution in [0.3, 0.4) is 0 Å². The van der Waals surface area contributed by atoms with Gasteiger partial charge in [-0.05, 0) is 31.6 Å². The maximum atomic E-state index is 5.78. The minimum Gasteiger partial charge on any atom is -0.383 e. The summed E-state index contributed by atoms with van der Waals surface area (Å²) in [4.78, 5) is 0. The number of methoxy groups -OCH3 is 1. The zero-order valence-corrected chi connectivity index (χ0v) is 13.6. The third kappa shape index (κ3) is 4.27. The summed E-state index contributed by atoms with van der Waals surface area (Å²) in [6, 6.07) is 0. The molecule has 0 atom stereocenters. The zero-order valence-electron chi connectivity index (χ0n) is 13.6. The lowest BCUT2D eigenvalue weighted by atomic mass is 9.79. The second-order valence-electron chi connectivity index (χ2n) is 6.18. The first-order chi connectivity index (χ1) is 10.3. The van der Waals surface area contributed by atoms with Crippen LogP contribution in [0.5, 0.6) is 0 Å². The van der Waals surface area contributed by atoms with Crippen LogP contribution in [0.1, 0.15) is 69.4 Å². The molecule has 1 aliphatic rings. The van der Waals surface area contributed by atoms with Crippen molar-refractivity contribution >= 4 is 0 Å². The van der Waals surface area contributed by atoms with E-state index in [9.17, 15) is 0 Å². The van der Waals surface area contributed by atoms with Crippen LogP contribution < -0.4 is 5.73 Å². The first-order valence-electron chi connectivity index (χ1n) is 8.41. The highest BCUT2D eigenvalue weighted by atomic mass is 16.5. The molecule has 0 aliphatic heterocycles. The van der Waals surface area contributed by atoms with Crippen molar-refractivity contribution in [2.45, 2.75) is 70.9 Å². The van der Waals surface area contributed by atoms with Gasteiger partial charge in [-0.1, -0.05) is 26.2 Å². The number of nitrogens with two attached hydrogens (primary N) is 1. The molecule has 5 heteroatoms. The van der Waals surface area contributed by atoms with Crippen molar-refractivity contribution in [2.75, 3.05) is 13.7 Å². The molecule has 1 saturated carbocycles. The van der Waals surface area contributed by atoms with Gasteiger partial charge < -0.3 is 15.0 Å². The van der Waals surface area contributed by atoms with E-state index in [0.717, 1.165) is 24.1 Å².